The van der Waals surface area contributed by atoms with Crippen molar-refractivity contribution in [1.29, 1.82) is 0 Å². The molecule has 1 fully saturated rings. The maximum atomic E-state index is 12.0. The second kappa shape index (κ2) is 6.63. The van der Waals surface area contributed by atoms with Gasteiger partial charge in [0.15, 0.2) is 5.82 Å². The predicted molar refractivity (Wildman–Crippen MR) is 71.6 cm³/mol. The number of carbonyl (C=O) groups excluding carboxylic acids is 1. The molecular formula is C12H22N6O. The third kappa shape index (κ3) is 4.00. The van der Waals surface area contributed by atoms with Crippen molar-refractivity contribution in [2.45, 2.75) is 19.4 Å². The third-order valence-electron chi connectivity index (χ3n) is 3.37. The molecule has 0 saturated carbocycles. The molecule has 7 nitrogen and oxygen atoms in total. The van der Waals surface area contributed by atoms with E-state index in [2.05, 4.69) is 25.6 Å². The number of rotatable bonds is 5. The lowest BCUT2D eigenvalue weighted by Gasteiger charge is -2.31. The van der Waals surface area contributed by atoms with Crippen LogP contribution in [0.1, 0.15) is 12.7 Å². The van der Waals surface area contributed by atoms with E-state index >= 15 is 0 Å². The van der Waals surface area contributed by atoms with Crippen LogP contribution in [0.5, 0.6) is 0 Å². The van der Waals surface area contributed by atoms with E-state index in [4.69, 9.17) is 0 Å². The summed E-state index contributed by atoms with van der Waals surface area (Å²) < 4.78 is 1.67. The molecule has 2 N–H and O–H groups in total. The lowest BCUT2D eigenvalue weighted by Crippen LogP contribution is -2.52. The molecule has 7 heteroatoms. The van der Waals surface area contributed by atoms with Gasteiger partial charge >= 0.3 is 0 Å². The molecule has 1 aliphatic heterocycles. The Bertz CT molecular complexity index is 412. The number of aromatic nitrogens is 3. The van der Waals surface area contributed by atoms with Crippen LogP contribution in [0.2, 0.25) is 0 Å². The molecule has 2 rings (SSSR count). The standard InChI is InChI=1S/C12H22N6O/c1-10(18-7-5-13-6-8-18)12(19)14-4-3-11-15-9-17(2)16-11/h9-10,13H,3-8H2,1-2H3,(H,14,19). The number of hydrogen-bond acceptors (Lipinski definition) is 5. The average molecular weight is 266 g/mol. The van der Waals surface area contributed by atoms with E-state index in [9.17, 15) is 4.79 Å². The highest BCUT2D eigenvalue weighted by molar-refractivity contribution is 5.81. The summed E-state index contributed by atoms with van der Waals surface area (Å²) in [5, 5.41) is 10.4. The van der Waals surface area contributed by atoms with Gasteiger partial charge in [-0.25, -0.2) is 4.98 Å². The quantitative estimate of drug-likeness (QED) is 0.698. The summed E-state index contributed by atoms with van der Waals surface area (Å²) in [4.78, 5) is 18.3. The van der Waals surface area contributed by atoms with Crippen molar-refractivity contribution < 1.29 is 4.79 Å². The van der Waals surface area contributed by atoms with E-state index in [0.29, 0.717) is 13.0 Å². The Morgan fingerprint density at radius 2 is 2.26 bits per heavy atom. The van der Waals surface area contributed by atoms with E-state index in [1.54, 1.807) is 11.0 Å². The molecular weight excluding hydrogens is 244 g/mol. The number of nitrogens with zero attached hydrogens (tertiary/aromatic N) is 4. The average Bonchev–Trinajstić information content (AvgIpc) is 2.84. The molecule has 106 valence electrons. The van der Waals surface area contributed by atoms with Gasteiger partial charge in [0.1, 0.15) is 6.33 Å². The Morgan fingerprint density at radius 3 is 2.89 bits per heavy atom. The maximum absolute atomic E-state index is 12.0. The van der Waals surface area contributed by atoms with Crippen LogP contribution in [0.4, 0.5) is 0 Å². The van der Waals surface area contributed by atoms with Crippen LogP contribution in [0, 0.1) is 0 Å². The molecule has 1 saturated heterocycles. The molecule has 1 aromatic heterocycles. The SMILES string of the molecule is CC(C(=O)NCCc1ncn(C)n1)N1CCNCC1. The first-order chi connectivity index (χ1) is 9.16. The van der Waals surface area contributed by atoms with E-state index in [-0.39, 0.29) is 11.9 Å². The number of hydrogen-bond donors (Lipinski definition) is 2. The van der Waals surface area contributed by atoms with Gasteiger partial charge in [-0.15, -0.1) is 0 Å². The molecule has 0 aromatic carbocycles. The van der Waals surface area contributed by atoms with Crippen LogP contribution < -0.4 is 10.6 Å². The second-order valence-corrected chi connectivity index (χ2v) is 4.84. The fraction of sp³-hybridized carbons (Fsp3) is 0.750. The highest BCUT2D eigenvalue weighted by Crippen LogP contribution is 2.01. The summed E-state index contributed by atoms with van der Waals surface area (Å²) in [5.74, 6) is 0.843. The van der Waals surface area contributed by atoms with Gasteiger partial charge in [0.05, 0.1) is 6.04 Å². The van der Waals surface area contributed by atoms with E-state index in [1.165, 1.54) is 0 Å². The molecule has 1 aliphatic rings. The molecule has 0 aliphatic carbocycles. The molecule has 0 spiro atoms. The molecule has 0 radical (unpaired) electrons. The molecule has 19 heavy (non-hydrogen) atoms. The third-order valence-corrected chi connectivity index (χ3v) is 3.37. The lowest BCUT2D eigenvalue weighted by atomic mass is 10.2. The van der Waals surface area contributed by atoms with Crippen LogP contribution in [0.15, 0.2) is 6.33 Å². The van der Waals surface area contributed by atoms with Crippen molar-refractivity contribution in [3.63, 3.8) is 0 Å². The summed E-state index contributed by atoms with van der Waals surface area (Å²) in [7, 11) is 1.83. The van der Waals surface area contributed by atoms with Gasteiger partial charge in [-0.1, -0.05) is 0 Å². The van der Waals surface area contributed by atoms with Crippen molar-refractivity contribution in [1.82, 2.24) is 30.3 Å². The Hall–Kier alpha value is -1.47. The Morgan fingerprint density at radius 1 is 1.53 bits per heavy atom. The minimum absolute atomic E-state index is 0.0706. The minimum Gasteiger partial charge on any atom is -0.354 e. The van der Waals surface area contributed by atoms with Gasteiger partial charge in [-0.05, 0) is 6.92 Å². The van der Waals surface area contributed by atoms with Crippen LogP contribution in [0.3, 0.4) is 0 Å². The van der Waals surface area contributed by atoms with Crippen molar-refractivity contribution in [2.75, 3.05) is 32.7 Å². The Kier molecular flexibility index (Phi) is 4.86. The van der Waals surface area contributed by atoms with Crippen molar-refractivity contribution in [3.8, 4) is 0 Å². The summed E-state index contributed by atoms with van der Waals surface area (Å²) in [6.45, 7) is 6.30. The summed E-state index contributed by atoms with van der Waals surface area (Å²) in [6, 6.07) is -0.0706. The van der Waals surface area contributed by atoms with Crippen LogP contribution in [0.25, 0.3) is 0 Å². The molecule has 2 heterocycles. The van der Waals surface area contributed by atoms with Gasteiger partial charge in [-0.2, -0.15) is 5.10 Å². The number of amides is 1. The predicted octanol–water partition coefficient (Wildman–Crippen LogP) is -1.23. The molecule has 1 unspecified atom stereocenters. The van der Waals surface area contributed by atoms with Crippen molar-refractivity contribution >= 4 is 5.91 Å². The molecule has 1 aromatic rings. The van der Waals surface area contributed by atoms with Gasteiger partial charge in [0.25, 0.3) is 0 Å². The zero-order valence-corrected chi connectivity index (χ0v) is 11.6. The zero-order valence-electron chi connectivity index (χ0n) is 11.6. The van der Waals surface area contributed by atoms with E-state index in [0.717, 1.165) is 32.0 Å². The Labute approximate surface area is 113 Å². The first-order valence-corrected chi connectivity index (χ1v) is 6.74. The fourth-order valence-electron chi connectivity index (χ4n) is 2.18. The van der Waals surface area contributed by atoms with Crippen molar-refractivity contribution in [2.24, 2.45) is 7.05 Å². The fourth-order valence-corrected chi connectivity index (χ4v) is 2.18. The number of piperazine rings is 1. The number of aryl methyl sites for hydroxylation is 1. The molecule has 0 bridgehead atoms. The van der Waals surface area contributed by atoms with E-state index < -0.39 is 0 Å². The van der Waals surface area contributed by atoms with Crippen molar-refractivity contribution in [3.05, 3.63) is 12.2 Å². The summed E-state index contributed by atoms with van der Waals surface area (Å²) in [6.07, 6.45) is 2.33. The number of nitrogens with one attached hydrogen (secondary N) is 2. The summed E-state index contributed by atoms with van der Waals surface area (Å²) >= 11 is 0. The zero-order chi connectivity index (χ0) is 13.7. The van der Waals surface area contributed by atoms with Crippen LogP contribution in [-0.4, -0.2) is 64.3 Å². The monoisotopic (exact) mass is 266 g/mol. The van der Waals surface area contributed by atoms with Gasteiger partial charge < -0.3 is 10.6 Å². The first kappa shape index (κ1) is 14.0. The highest BCUT2D eigenvalue weighted by atomic mass is 16.2. The van der Waals surface area contributed by atoms with Gasteiger partial charge in [0.2, 0.25) is 5.91 Å². The van der Waals surface area contributed by atoms with E-state index in [1.807, 2.05) is 14.0 Å². The smallest absolute Gasteiger partial charge is 0.237 e. The Balaban J connectivity index is 1.71. The normalized spacial score (nSPS) is 18.2. The first-order valence-electron chi connectivity index (χ1n) is 6.74. The van der Waals surface area contributed by atoms with Gasteiger partial charge in [-0.3, -0.25) is 14.4 Å². The minimum atomic E-state index is -0.0706. The van der Waals surface area contributed by atoms with Gasteiger partial charge in [0, 0.05) is 46.2 Å². The largest absolute Gasteiger partial charge is 0.354 e. The topological polar surface area (TPSA) is 75.1 Å². The van der Waals surface area contributed by atoms with Crippen LogP contribution >= 0.6 is 0 Å². The van der Waals surface area contributed by atoms with Crippen LogP contribution in [-0.2, 0) is 18.3 Å². The summed E-state index contributed by atoms with van der Waals surface area (Å²) in [5.41, 5.74) is 0. The maximum Gasteiger partial charge on any atom is 0.237 e. The molecule has 1 atom stereocenters. The highest BCUT2D eigenvalue weighted by Gasteiger charge is 2.22. The second-order valence-electron chi connectivity index (χ2n) is 4.84. The molecule has 1 amide bonds. The lowest BCUT2D eigenvalue weighted by molar-refractivity contribution is -0.126. The number of carbonyl (C=O) groups is 1.